The van der Waals surface area contributed by atoms with Crippen LogP contribution in [0, 0.1) is 5.82 Å². The monoisotopic (exact) mass is 435 g/mol. The van der Waals surface area contributed by atoms with Gasteiger partial charge in [0.05, 0.1) is 22.0 Å². The topological polar surface area (TPSA) is 104 Å². The first kappa shape index (κ1) is 18.6. The van der Waals surface area contributed by atoms with Crippen molar-refractivity contribution in [1.29, 1.82) is 0 Å². The molecule has 0 radical (unpaired) electrons. The summed E-state index contributed by atoms with van der Waals surface area (Å²) in [5, 5.41) is 10.3. The molecular formula is C17H10FN3O4S3. The molecule has 0 aliphatic heterocycles. The number of fused-ring (bicyclic) bond motifs is 1. The van der Waals surface area contributed by atoms with Gasteiger partial charge in [-0.05, 0) is 42.5 Å². The van der Waals surface area contributed by atoms with E-state index in [1.807, 2.05) is 0 Å². The molecule has 2 N–H and O–H groups in total. The Labute approximate surface area is 168 Å². The van der Waals surface area contributed by atoms with E-state index in [-0.39, 0.29) is 16.5 Å². The van der Waals surface area contributed by atoms with Crippen molar-refractivity contribution in [2.45, 2.75) is 0 Å². The van der Waals surface area contributed by atoms with Gasteiger partial charge in [0.2, 0.25) is 5.13 Å². The minimum atomic E-state index is -2.42. The molecule has 1 atom stereocenters. The summed E-state index contributed by atoms with van der Waals surface area (Å²) in [7, 11) is 0. The summed E-state index contributed by atoms with van der Waals surface area (Å²) < 4.78 is 36.7. The molecule has 0 fully saturated rings. The number of hydrogen-bond donors (Lipinski definition) is 2. The van der Waals surface area contributed by atoms with Gasteiger partial charge in [-0.2, -0.15) is 4.31 Å². The van der Waals surface area contributed by atoms with Crippen molar-refractivity contribution in [1.82, 2.24) is 9.97 Å². The summed E-state index contributed by atoms with van der Waals surface area (Å²) >= 11 is -0.110. The Morgan fingerprint density at radius 1 is 1.14 bits per heavy atom. The Balaban J connectivity index is 1.74. The first-order valence-electron chi connectivity index (χ1n) is 7.69. The largest absolute Gasteiger partial charge is 0.478 e. The van der Waals surface area contributed by atoms with E-state index in [1.54, 1.807) is 18.2 Å². The second-order valence-electron chi connectivity index (χ2n) is 5.52. The number of carboxylic acids is 1. The van der Waals surface area contributed by atoms with Gasteiger partial charge in [-0.15, -0.1) is 0 Å². The Bertz CT molecular complexity index is 1210. The maximum absolute atomic E-state index is 13.1. The molecule has 0 amide bonds. The van der Waals surface area contributed by atoms with E-state index < -0.39 is 17.2 Å². The van der Waals surface area contributed by atoms with Crippen LogP contribution in [0.15, 0.2) is 48.7 Å². The molecule has 11 heteroatoms. The van der Waals surface area contributed by atoms with Gasteiger partial charge >= 0.3 is 5.97 Å². The molecule has 28 heavy (non-hydrogen) atoms. The van der Waals surface area contributed by atoms with Crippen molar-refractivity contribution >= 4 is 60.3 Å². The predicted octanol–water partition coefficient (Wildman–Crippen LogP) is 4.53. The summed E-state index contributed by atoms with van der Waals surface area (Å²) in [5.74, 6) is -1.45. The summed E-state index contributed by atoms with van der Waals surface area (Å²) in [6.07, 6.45) is 1.44. The number of thiazole rings is 2. The molecule has 0 spiro atoms. The van der Waals surface area contributed by atoms with Gasteiger partial charge in [-0.25, -0.2) is 23.4 Å². The molecule has 2 aromatic carbocycles. The maximum Gasteiger partial charge on any atom is 0.335 e. The van der Waals surface area contributed by atoms with Crippen molar-refractivity contribution in [2.24, 2.45) is 0 Å². The molecule has 4 aromatic rings. The standard InChI is InChI=1S/C17H10FN3O4S3/c18-11-4-1-9(2-5-11)15-19-8-14(27-15)21(28(24)25)17-20-12-7-10(16(22)23)3-6-13(12)26-17/h1-8H,(H,22,23)(H,24,25). The summed E-state index contributed by atoms with van der Waals surface area (Å²) in [4.78, 5) is 19.7. The average molecular weight is 435 g/mol. The van der Waals surface area contributed by atoms with E-state index in [1.165, 1.54) is 30.5 Å². The summed E-state index contributed by atoms with van der Waals surface area (Å²) in [6.45, 7) is 0. The van der Waals surface area contributed by atoms with Crippen LogP contribution in [0.3, 0.4) is 0 Å². The van der Waals surface area contributed by atoms with Crippen LogP contribution in [0.2, 0.25) is 0 Å². The highest BCUT2D eigenvalue weighted by Gasteiger charge is 2.23. The lowest BCUT2D eigenvalue weighted by Gasteiger charge is -2.13. The molecule has 2 aromatic heterocycles. The van der Waals surface area contributed by atoms with Crippen LogP contribution in [0.25, 0.3) is 20.8 Å². The lowest BCUT2D eigenvalue weighted by Crippen LogP contribution is -2.17. The molecular weight excluding hydrogens is 425 g/mol. The molecule has 4 rings (SSSR count). The molecule has 142 valence electrons. The van der Waals surface area contributed by atoms with Crippen molar-refractivity contribution in [2.75, 3.05) is 4.31 Å². The van der Waals surface area contributed by atoms with Crippen molar-refractivity contribution in [3.63, 3.8) is 0 Å². The van der Waals surface area contributed by atoms with E-state index in [9.17, 15) is 17.9 Å². The first-order chi connectivity index (χ1) is 13.4. The molecule has 0 aliphatic carbocycles. The number of nitrogens with zero attached hydrogens (tertiary/aromatic N) is 3. The molecule has 0 saturated carbocycles. The highest BCUT2D eigenvalue weighted by molar-refractivity contribution is 7.81. The van der Waals surface area contributed by atoms with Crippen LogP contribution < -0.4 is 4.31 Å². The van der Waals surface area contributed by atoms with Gasteiger partial charge in [-0.3, -0.25) is 4.55 Å². The van der Waals surface area contributed by atoms with Crippen LogP contribution >= 0.6 is 22.7 Å². The lowest BCUT2D eigenvalue weighted by atomic mass is 10.2. The van der Waals surface area contributed by atoms with Crippen molar-refractivity contribution in [3.8, 4) is 10.6 Å². The second-order valence-corrected chi connectivity index (χ2v) is 8.36. The molecule has 7 nitrogen and oxygen atoms in total. The highest BCUT2D eigenvalue weighted by atomic mass is 32.2. The Kier molecular flexibility index (Phi) is 4.89. The number of aromatic nitrogens is 2. The van der Waals surface area contributed by atoms with Crippen LogP contribution in [-0.4, -0.2) is 29.8 Å². The molecule has 1 unspecified atom stereocenters. The highest BCUT2D eigenvalue weighted by Crippen LogP contribution is 2.39. The Morgan fingerprint density at radius 2 is 1.89 bits per heavy atom. The van der Waals surface area contributed by atoms with Gasteiger partial charge < -0.3 is 5.11 Å². The number of carboxylic acid groups (broad SMARTS) is 1. The zero-order chi connectivity index (χ0) is 19.8. The molecule has 0 bridgehead atoms. The molecule has 0 aliphatic rings. The maximum atomic E-state index is 13.1. The number of hydrogen-bond acceptors (Lipinski definition) is 6. The zero-order valence-corrected chi connectivity index (χ0v) is 16.2. The summed E-state index contributed by atoms with van der Waals surface area (Å²) in [5.41, 5.74) is 1.17. The quantitative estimate of drug-likeness (QED) is 0.446. The molecule has 2 heterocycles. The summed E-state index contributed by atoms with van der Waals surface area (Å²) in [6, 6.07) is 10.2. The first-order valence-corrected chi connectivity index (χ1v) is 10.4. The fraction of sp³-hybridized carbons (Fsp3) is 0. The third-order valence-corrected chi connectivity index (χ3v) is 6.70. The number of anilines is 2. The normalized spacial score (nSPS) is 12.2. The van der Waals surface area contributed by atoms with Gasteiger partial charge in [0.1, 0.15) is 15.8 Å². The van der Waals surface area contributed by atoms with Crippen LogP contribution in [-0.2, 0) is 11.3 Å². The lowest BCUT2D eigenvalue weighted by molar-refractivity contribution is 0.0697. The van der Waals surface area contributed by atoms with Crippen molar-refractivity contribution in [3.05, 3.63) is 60.0 Å². The van der Waals surface area contributed by atoms with E-state index in [4.69, 9.17) is 5.11 Å². The number of rotatable bonds is 5. The van der Waals surface area contributed by atoms with Crippen LogP contribution in [0.1, 0.15) is 10.4 Å². The van der Waals surface area contributed by atoms with Gasteiger partial charge in [-0.1, -0.05) is 22.7 Å². The van der Waals surface area contributed by atoms with Gasteiger partial charge in [0.15, 0.2) is 0 Å². The predicted molar refractivity (Wildman–Crippen MR) is 107 cm³/mol. The van der Waals surface area contributed by atoms with E-state index >= 15 is 0 Å². The minimum absolute atomic E-state index is 0.0809. The fourth-order valence-corrected chi connectivity index (χ4v) is 5.20. The number of carbonyl (C=O) groups is 1. The zero-order valence-electron chi connectivity index (χ0n) is 13.8. The van der Waals surface area contributed by atoms with Gasteiger partial charge in [0.25, 0.3) is 11.3 Å². The SMILES string of the molecule is O=C(O)c1ccc2sc(N(c3cnc(-c4ccc(F)cc4)s3)S(=O)O)nc2c1. The van der Waals surface area contributed by atoms with E-state index in [2.05, 4.69) is 9.97 Å². The van der Waals surface area contributed by atoms with E-state index in [0.29, 0.717) is 25.8 Å². The third-order valence-electron chi connectivity index (χ3n) is 3.74. The Morgan fingerprint density at radius 3 is 2.57 bits per heavy atom. The van der Waals surface area contributed by atoms with Crippen LogP contribution in [0.4, 0.5) is 14.5 Å². The average Bonchev–Trinajstić information content (AvgIpc) is 3.28. The number of aromatic carboxylic acids is 1. The smallest absolute Gasteiger partial charge is 0.335 e. The number of halogens is 1. The van der Waals surface area contributed by atoms with Crippen LogP contribution in [0.5, 0.6) is 0 Å². The number of benzene rings is 2. The third kappa shape index (κ3) is 3.52. The Hall–Kier alpha value is -2.73. The van der Waals surface area contributed by atoms with E-state index in [0.717, 1.165) is 27.0 Å². The molecule has 0 saturated heterocycles. The second kappa shape index (κ2) is 7.36. The van der Waals surface area contributed by atoms with Crippen molar-refractivity contribution < 1.29 is 23.1 Å². The minimum Gasteiger partial charge on any atom is -0.478 e. The van der Waals surface area contributed by atoms with Gasteiger partial charge in [0, 0.05) is 5.56 Å². The fourth-order valence-electron chi connectivity index (χ4n) is 2.46.